The number of aromatic nitrogens is 1. The molecule has 1 heterocycles. The van der Waals surface area contributed by atoms with Gasteiger partial charge in [0.05, 0.1) is 0 Å². The molecule has 27 heavy (non-hydrogen) atoms. The number of amides is 2. The fourth-order valence-corrected chi connectivity index (χ4v) is 2.89. The lowest BCUT2D eigenvalue weighted by Crippen LogP contribution is -2.19. The van der Waals surface area contributed by atoms with Crippen molar-refractivity contribution < 1.29 is 9.21 Å². The van der Waals surface area contributed by atoms with E-state index in [4.69, 9.17) is 27.6 Å². The van der Waals surface area contributed by atoms with Crippen LogP contribution < -0.4 is 10.6 Å². The molecule has 0 saturated carbocycles. The van der Waals surface area contributed by atoms with Gasteiger partial charge in [-0.3, -0.25) is 0 Å². The summed E-state index contributed by atoms with van der Waals surface area (Å²) in [6.45, 7) is 0. The fourth-order valence-electron chi connectivity index (χ4n) is 2.57. The fraction of sp³-hybridized carbons (Fsp3) is 0. The molecule has 0 saturated heterocycles. The van der Waals surface area contributed by atoms with Crippen LogP contribution in [-0.2, 0) is 0 Å². The molecule has 1 aromatic heterocycles. The Bertz CT molecular complexity index is 1120. The third-order valence-electron chi connectivity index (χ3n) is 3.82. The van der Waals surface area contributed by atoms with Crippen LogP contribution in [0.5, 0.6) is 0 Å². The van der Waals surface area contributed by atoms with Gasteiger partial charge in [-0.05, 0) is 54.6 Å². The lowest BCUT2D eigenvalue weighted by Gasteiger charge is -2.07. The van der Waals surface area contributed by atoms with Gasteiger partial charge in [0.2, 0.25) is 5.89 Å². The molecule has 3 aromatic carbocycles. The second-order valence-corrected chi connectivity index (χ2v) is 6.67. The van der Waals surface area contributed by atoms with Crippen LogP contribution in [-0.4, -0.2) is 11.0 Å². The van der Waals surface area contributed by atoms with E-state index in [-0.39, 0.29) is 6.03 Å². The summed E-state index contributed by atoms with van der Waals surface area (Å²) >= 11 is 11.9. The van der Waals surface area contributed by atoms with E-state index in [1.54, 1.807) is 54.6 Å². The summed E-state index contributed by atoms with van der Waals surface area (Å²) in [5, 5.41) is 6.71. The molecule has 0 bridgehead atoms. The van der Waals surface area contributed by atoms with Crippen molar-refractivity contribution in [3.05, 3.63) is 76.8 Å². The molecule has 134 valence electrons. The van der Waals surface area contributed by atoms with Gasteiger partial charge in [0.1, 0.15) is 5.52 Å². The molecule has 2 N–H and O–H groups in total. The molecule has 0 atom stereocenters. The van der Waals surface area contributed by atoms with Crippen LogP contribution >= 0.6 is 23.2 Å². The Labute approximate surface area is 164 Å². The van der Waals surface area contributed by atoms with E-state index in [1.807, 2.05) is 12.1 Å². The zero-order valence-corrected chi connectivity index (χ0v) is 15.4. The zero-order valence-electron chi connectivity index (χ0n) is 13.9. The monoisotopic (exact) mass is 397 g/mol. The molecular formula is C20H13Cl2N3O2. The van der Waals surface area contributed by atoms with Crippen molar-refractivity contribution in [2.75, 3.05) is 10.6 Å². The normalized spacial score (nSPS) is 10.7. The van der Waals surface area contributed by atoms with E-state index in [0.29, 0.717) is 38.4 Å². The Balaban J connectivity index is 1.53. The Hall–Kier alpha value is -3.02. The van der Waals surface area contributed by atoms with E-state index in [2.05, 4.69) is 15.6 Å². The van der Waals surface area contributed by atoms with Gasteiger partial charge in [-0.25, -0.2) is 9.78 Å². The highest BCUT2D eigenvalue weighted by molar-refractivity contribution is 6.31. The number of benzene rings is 3. The van der Waals surface area contributed by atoms with Crippen LogP contribution in [0.3, 0.4) is 0 Å². The molecule has 4 rings (SSSR count). The lowest BCUT2D eigenvalue weighted by atomic mass is 10.2. The van der Waals surface area contributed by atoms with Gasteiger partial charge in [-0.15, -0.1) is 0 Å². The van der Waals surface area contributed by atoms with Crippen molar-refractivity contribution in [2.24, 2.45) is 0 Å². The first-order valence-corrected chi connectivity index (χ1v) is 8.82. The topological polar surface area (TPSA) is 67.2 Å². The molecule has 0 aliphatic heterocycles. The summed E-state index contributed by atoms with van der Waals surface area (Å²) in [7, 11) is 0. The maximum absolute atomic E-state index is 12.2. The van der Waals surface area contributed by atoms with Crippen LogP contribution in [0, 0.1) is 0 Å². The Kier molecular flexibility index (Phi) is 4.71. The maximum Gasteiger partial charge on any atom is 0.323 e. The third-order valence-corrected chi connectivity index (χ3v) is 4.31. The second-order valence-electron chi connectivity index (χ2n) is 5.80. The summed E-state index contributed by atoms with van der Waals surface area (Å²) in [4.78, 5) is 16.6. The van der Waals surface area contributed by atoms with Gasteiger partial charge in [0.25, 0.3) is 0 Å². The minimum Gasteiger partial charge on any atom is -0.436 e. The molecule has 0 radical (unpaired) electrons. The van der Waals surface area contributed by atoms with Crippen molar-refractivity contribution in [1.82, 2.24) is 4.98 Å². The van der Waals surface area contributed by atoms with Gasteiger partial charge in [-0.2, -0.15) is 0 Å². The van der Waals surface area contributed by atoms with Crippen molar-refractivity contribution in [2.45, 2.75) is 0 Å². The smallest absolute Gasteiger partial charge is 0.323 e. The first-order valence-electron chi connectivity index (χ1n) is 8.07. The molecular weight excluding hydrogens is 385 g/mol. The Morgan fingerprint density at radius 3 is 2.37 bits per heavy atom. The lowest BCUT2D eigenvalue weighted by molar-refractivity contribution is 0.262. The number of hydrogen-bond donors (Lipinski definition) is 2. The molecule has 7 heteroatoms. The van der Waals surface area contributed by atoms with E-state index >= 15 is 0 Å². The number of fused-ring (bicyclic) bond motifs is 1. The number of oxazole rings is 1. The molecule has 0 fully saturated rings. The molecule has 4 aromatic rings. The van der Waals surface area contributed by atoms with Crippen LogP contribution in [0.1, 0.15) is 0 Å². The first kappa shape index (κ1) is 17.4. The van der Waals surface area contributed by atoms with Gasteiger partial charge in [-0.1, -0.05) is 29.3 Å². The highest BCUT2D eigenvalue weighted by Crippen LogP contribution is 2.27. The minimum absolute atomic E-state index is 0.369. The number of carbonyl (C=O) groups is 1. The highest BCUT2D eigenvalue weighted by atomic mass is 35.5. The Morgan fingerprint density at radius 2 is 1.59 bits per heavy atom. The molecule has 0 aliphatic rings. The number of nitrogens with one attached hydrogen (secondary N) is 2. The van der Waals surface area contributed by atoms with Crippen molar-refractivity contribution >= 4 is 51.7 Å². The van der Waals surface area contributed by atoms with Crippen molar-refractivity contribution in [3.8, 4) is 11.5 Å². The first-order chi connectivity index (χ1) is 13.1. The zero-order chi connectivity index (χ0) is 18.8. The molecule has 0 spiro atoms. The predicted molar refractivity (Wildman–Crippen MR) is 109 cm³/mol. The van der Waals surface area contributed by atoms with Crippen LogP contribution in [0.15, 0.2) is 71.1 Å². The molecule has 5 nitrogen and oxygen atoms in total. The maximum atomic E-state index is 12.2. The van der Waals surface area contributed by atoms with Crippen LogP contribution in [0.2, 0.25) is 10.0 Å². The third kappa shape index (κ3) is 4.05. The van der Waals surface area contributed by atoms with E-state index in [9.17, 15) is 4.79 Å². The highest BCUT2D eigenvalue weighted by Gasteiger charge is 2.10. The largest absolute Gasteiger partial charge is 0.436 e. The molecule has 0 aliphatic carbocycles. The Morgan fingerprint density at radius 1 is 0.852 bits per heavy atom. The predicted octanol–water partition coefficient (Wildman–Crippen LogP) is 6.45. The van der Waals surface area contributed by atoms with E-state index in [1.165, 1.54) is 0 Å². The van der Waals surface area contributed by atoms with Crippen LogP contribution in [0.25, 0.3) is 22.6 Å². The number of rotatable bonds is 3. The quantitative estimate of drug-likeness (QED) is 0.417. The number of anilines is 2. The van der Waals surface area contributed by atoms with Gasteiger partial charge >= 0.3 is 6.03 Å². The number of nitrogens with zero attached hydrogens (tertiary/aromatic N) is 1. The summed E-state index contributed by atoms with van der Waals surface area (Å²) in [6.07, 6.45) is 0. The van der Waals surface area contributed by atoms with Gasteiger partial charge < -0.3 is 15.1 Å². The minimum atomic E-state index is -0.369. The summed E-state index contributed by atoms with van der Waals surface area (Å²) < 4.78 is 5.81. The summed E-state index contributed by atoms with van der Waals surface area (Å²) in [6, 6.07) is 19.0. The number of halogens is 2. The van der Waals surface area contributed by atoms with Gasteiger partial charge in [0.15, 0.2) is 5.58 Å². The standard InChI is InChI=1S/C20H13Cl2N3O2/c21-13-4-6-15(7-5-13)23-20(26)24-16-8-9-17-18(11-16)27-19(25-17)12-2-1-3-14(22)10-12/h1-11H,(H2,23,24,26). The number of urea groups is 1. The molecule has 2 amide bonds. The van der Waals surface area contributed by atoms with Crippen LogP contribution in [0.4, 0.5) is 16.2 Å². The number of hydrogen-bond acceptors (Lipinski definition) is 3. The summed E-state index contributed by atoms with van der Waals surface area (Å²) in [5.41, 5.74) is 3.26. The molecule has 0 unspecified atom stereocenters. The average molecular weight is 398 g/mol. The SMILES string of the molecule is O=C(Nc1ccc(Cl)cc1)Nc1ccc2nc(-c3cccc(Cl)c3)oc2c1. The van der Waals surface area contributed by atoms with Crippen molar-refractivity contribution in [1.29, 1.82) is 0 Å². The number of carbonyl (C=O) groups excluding carboxylic acids is 1. The average Bonchev–Trinajstić information content (AvgIpc) is 3.07. The second kappa shape index (κ2) is 7.31. The van der Waals surface area contributed by atoms with E-state index in [0.717, 1.165) is 5.56 Å². The summed E-state index contributed by atoms with van der Waals surface area (Å²) in [5.74, 6) is 0.468. The van der Waals surface area contributed by atoms with Gasteiger partial charge in [0, 0.05) is 33.0 Å². The van der Waals surface area contributed by atoms with Crippen molar-refractivity contribution in [3.63, 3.8) is 0 Å². The van der Waals surface area contributed by atoms with E-state index < -0.39 is 0 Å².